The first-order chi connectivity index (χ1) is 14.1. The molecular weight excluding hydrogens is 372 g/mol. The third-order valence-electron chi connectivity index (χ3n) is 6.49. The summed E-state index contributed by atoms with van der Waals surface area (Å²) in [5, 5.41) is 9.45. The molecule has 0 bridgehead atoms. The van der Waals surface area contributed by atoms with Crippen molar-refractivity contribution in [3.8, 4) is 0 Å². The molecule has 3 fully saturated rings. The number of nitrogens with zero attached hydrogens (tertiary/aromatic N) is 1. The average molecular weight is 398 g/mol. The molecule has 4 heterocycles. The Kier molecular flexibility index (Phi) is 4.85. The van der Waals surface area contributed by atoms with E-state index in [0.717, 1.165) is 37.1 Å². The highest BCUT2D eigenvalue weighted by molar-refractivity contribution is 6.05. The summed E-state index contributed by atoms with van der Waals surface area (Å²) >= 11 is 0. The second-order valence-corrected chi connectivity index (χ2v) is 8.43. The van der Waals surface area contributed by atoms with E-state index < -0.39 is 6.04 Å². The molecular formula is C21H26N4O4. The molecule has 0 radical (unpaired) electrons. The maximum Gasteiger partial charge on any atom is 0.255 e. The normalized spacial score (nSPS) is 31.2. The molecule has 4 atom stereocenters. The second-order valence-electron chi connectivity index (χ2n) is 8.43. The van der Waals surface area contributed by atoms with E-state index in [0.29, 0.717) is 43.3 Å². The molecule has 8 nitrogen and oxygen atoms in total. The van der Waals surface area contributed by atoms with E-state index in [4.69, 9.17) is 4.74 Å². The van der Waals surface area contributed by atoms with E-state index >= 15 is 0 Å². The summed E-state index contributed by atoms with van der Waals surface area (Å²) in [7, 11) is 0. The van der Waals surface area contributed by atoms with Crippen LogP contribution in [0.25, 0.3) is 0 Å². The van der Waals surface area contributed by atoms with Gasteiger partial charge in [0.05, 0.1) is 6.10 Å². The minimum Gasteiger partial charge on any atom is -0.376 e. The monoisotopic (exact) mass is 398 g/mol. The summed E-state index contributed by atoms with van der Waals surface area (Å²) in [5.74, 6) is -0.767. The van der Waals surface area contributed by atoms with E-state index in [1.165, 1.54) is 0 Å². The molecule has 0 spiro atoms. The third-order valence-corrected chi connectivity index (χ3v) is 6.49. The van der Waals surface area contributed by atoms with Crippen LogP contribution in [-0.2, 0) is 27.4 Å². The number of carbonyl (C=O) groups excluding carboxylic acids is 3. The van der Waals surface area contributed by atoms with Crippen molar-refractivity contribution < 1.29 is 19.1 Å². The number of hydrogen-bond acceptors (Lipinski definition) is 6. The molecule has 0 saturated carbocycles. The van der Waals surface area contributed by atoms with Gasteiger partial charge in [0.2, 0.25) is 11.8 Å². The van der Waals surface area contributed by atoms with Gasteiger partial charge in [-0.15, -0.1) is 0 Å². The van der Waals surface area contributed by atoms with Crippen molar-refractivity contribution in [1.29, 1.82) is 0 Å². The summed E-state index contributed by atoms with van der Waals surface area (Å²) < 4.78 is 5.73. The van der Waals surface area contributed by atoms with Crippen molar-refractivity contribution >= 4 is 17.7 Å². The SMILES string of the molecule is O=C1CCC(N2Cc3ccc(CNCC4CC5OCCC5N4)cc3C2=O)C(=O)N1. The number of carbonyl (C=O) groups is 3. The van der Waals surface area contributed by atoms with Crippen molar-refractivity contribution in [2.24, 2.45) is 0 Å². The number of imide groups is 1. The molecule has 3 N–H and O–H groups in total. The summed E-state index contributed by atoms with van der Waals surface area (Å²) in [6, 6.07) is 6.29. The lowest BCUT2D eigenvalue weighted by atomic mass is 10.0. The van der Waals surface area contributed by atoms with Gasteiger partial charge in [0.1, 0.15) is 6.04 Å². The second kappa shape index (κ2) is 7.51. The molecule has 3 saturated heterocycles. The topological polar surface area (TPSA) is 99.8 Å². The Morgan fingerprint density at radius 2 is 2.10 bits per heavy atom. The number of rotatable bonds is 5. The van der Waals surface area contributed by atoms with Crippen LogP contribution in [-0.4, -0.2) is 60.0 Å². The zero-order valence-corrected chi connectivity index (χ0v) is 16.3. The maximum atomic E-state index is 12.9. The third kappa shape index (κ3) is 3.56. The summed E-state index contributed by atoms with van der Waals surface area (Å²) in [6.45, 7) is 2.83. The average Bonchev–Trinajstić information content (AvgIpc) is 3.36. The Hall–Kier alpha value is -2.29. The van der Waals surface area contributed by atoms with Gasteiger partial charge in [-0.2, -0.15) is 0 Å². The Morgan fingerprint density at radius 3 is 2.93 bits per heavy atom. The van der Waals surface area contributed by atoms with Gasteiger partial charge in [-0.3, -0.25) is 19.7 Å². The van der Waals surface area contributed by atoms with Gasteiger partial charge < -0.3 is 20.3 Å². The first-order valence-electron chi connectivity index (χ1n) is 10.4. The van der Waals surface area contributed by atoms with Gasteiger partial charge in [-0.05, 0) is 36.5 Å². The highest BCUT2D eigenvalue weighted by Gasteiger charge is 2.39. The largest absolute Gasteiger partial charge is 0.376 e. The molecule has 1 aromatic rings. The maximum absolute atomic E-state index is 12.9. The van der Waals surface area contributed by atoms with Crippen molar-refractivity contribution in [1.82, 2.24) is 20.9 Å². The molecule has 0 aliphatic carbocycles. The predicted octanol–water partition coefficient (Wildman–Crippen LogP) is 0.0566. The molecule has 0 aromatic heterocycles. The molecule has 4 unspecified atom stereocenters. The number of fused-ring (bicyclic) bond motifs is 2. The predicted molar refractivity (Wildman–Crippen MR) is 104 cm³/mol. The molecule has 29 heavy (non-hydrogen) atoms. The van der Waals surface area contributed by atoms with Crippen LogP contribution in [0.2, 0.25) is 0 Å². The molecule has 8 heteroatoms. The lowest BCUT2D eigenvalue weighted by molar-refractivity contribution is -0.136. The van der Waals surface area contributed by atoms with E-state index in [-0.39, 0.29) is 24.1 Å². The molecule has 5 rings (SSSR count). The zero-order valence-electron chi connectivity index (χ0n) is 16.3. The van der Waals surface area contributed by atoms with E-state index in [1.54, 1.807) is 4.90 Å². The zero-order chi connectivity index (χ0) is 20.0. The van der Waals surface area contributed by atoms with Crippen LogP contribution < -0.4 is 16.0 Å². The van der Waals surface area contributed by atoms with Crippen LogP contribution in [0.3, 0.4) is 0 Å². The van der Waals surface area contributed by atoms with Gasteiger partial charge in [-0.1, -0.05) is 12.1 Å². The van der Waals surface area contributed by atoms with Crippen LogP contribution in [0, 0.1) is 0 Å². The summed E-state index contributed by atoms with van der Waals surface area (Å²) in [4.78, 5) is 38.0. The number of nitrogens with one attached hydrogen (secondary N) is 3. The standard InChI is InChI=1S/C21H26N4O4/c26-19-4-3-17(20(27)24-19)25-11-13-2-1-12(7-15(13)21(25)28)9-22-10-14-8-18-16(23-14)5-6-29-18/h1-2,7,14,16-18,22-23H,3-6,8-11H2,(H,24,26,27). The minimum atomic E-state index is -0.565. The Bertz CT molecular complexity index is 845. The van der Waals surface area contributed by atoms with E-state index in [2.05, 4.69) is 16.0 Å². The number of amides is 3. The highest BCUT2D eigenvalue weighted by Crippen LogP contribution is 2.28. The molecule has 1 aromatic carbocycles. The van der Waals surface area contributed by atoms with Gasteiger partial charge >= 0.3 is 0 Å². The van der Waals surface area contributed by atoms with Crippen molar-refractivity contribution in [2.75, 3.05) is 13.2 Å². The number of benzene rings is 1. The fraction of sp³-hybridized carbons (Fsp3) is 0.571. The minimum absolute atomic E-state index is 0.126. The summed E-state index contributed by atoms with van der Waals surface area (Å²) in [6.07, 6.45) is 3.16. The smallest absolute Gasteiger partial charge is 0.255 e. The van der Waals surface area contributed by atoms with Crippen LogP contribution in [0.15, 0.2) is 18.2 Å². The van der Waals surface area contributed by atoms with E-state index in [1.807, 2.05) is 18.2 Å². The van der Waals surface area contributed by atoms with Crippen LogP contribution in [0.5, 0.6) is 0 Å². The lowest BCUT2D eigenvalue weighted by Gasteiger charge is -2.29. The Labute approximate surface area is 169 Å². The molecule has 4 aliphatic rings. The lowest BCUT2D eigenvalue weighted by Crippen LogP contribution is -2.52. The number of hydrogen-bond donors (Lipinski definition) is 3. The molecule has 154 valence electrons. The van der Waals surface area contributed by atoms with Gasteiger partial charge in [0.25, 0.3) is 5.91 Å². The van der Waals surface area contributed by atoms with E-state index in [9.17, 15) is 14.4 Å². The highest BCUT2D eigenvalue weighted by atomic mass is 16.5. The van der Waals surface area contributed by atoms with Crippen molar-refractivity contribution in [2.45, 2.75) is 63.0 Å². The Balaban J connectivity index is 1.18. The molecule has 4 aliphatic heterocycles. The van der Waals surface area contributed by atoms with Crippen molar-refractivity contribution in [3.63, 3.8) is 0 Å². The van der Waals surface area contributed by atoms with Gasteiger partial charge in [-0.25, -0.2) is 0 Å². The van der Waals surface area contributed by atoms with Crippen LogP contribution >= 0.6 is 0 Å². The van der Waals surface area contributed by atoms with Crippen LogP contribution in [0.1, 0.15) is 47.2 Å². The number of piperidine rings is 1. The summed E-state index contributed by atoms with van der Waals surface area (Å²) in [5.41, 5.74) is 2.65. The van der Waals surface area contributed by atoms with Crippen LogP contribution in [0.4, 0.5) is 0 Å². The van der Waals surface area contributed by atoms with Gasteiger partial charge in [0.15, 0.2) is 0 Å². The Morgan fingerprint density at radius 1 is 1.21 bits per heavy atom. The first-order valence-corrected chi connectivity index (χ1v) is 10.4. The first kappa shape index (κ1) is 18.7. The van der Waals surface area contributed by atoms with Gasteiger partial charge in [0, 0.05) is 50.3 Å². The molecule has 3 amide bonds. The fourth-order valence-corrected chi connectivity index (χ4v) is 4.97. The van der Waals surface area contributed by atoms with Crippen molar-refractivity contribution in [3.05, 3.63) is 34.9 Å². The fourth-order valence-electron chi connectivity index (χ4n) is 4.97. The quantitative estimate of drug-likeness (QED) is 0.607. The number of ether oxygens (including phenoxy) is 1.